The maximum Gasteiger partial charge on any atom is 0.168 e. The van der Waals surface area contributed by atoms with Crippen molar-refractivity contribution in [2.24, 2.45) is 0 Å². The van der Waals surface area contributed by atoms with Gasteiger partial charge in [0.1, 0.15) is 5.75 Å². The SMILES string of the molecule is COc1c(C)cnc(CC(=O)c2cc(C)nc(C)c2)c1C. The second-order valence-corrected chi connectivity index (χ2v) is 5.28. The van der Waals surface area contributed by atoms with Crippen LogP contribution in [0.3, 0.4) is 0 Å². The highest BCUT2D eigenvalue weighted by Crippen LogP contribution is 2.24. The number of hydrogen-bond acceptors (Lipinski definition) is 4. The monoisotopic (exact) mass is 284 g/mol. The quantitative estimate of drug-likeness (QED) is 0.809. The zero-order valence-corrected chi connectivity index (χ0v) is 13.2. The molecule has 4 nitrogen and oxygen atoms in total. The Morgan fingerprint density at radius 2 is 1.76 bits per heavy atom. The fourth-order valence-electron chi connectivity index (χ4n) is 2.50. The molecule has 4 heteroatoms. The van der Waals surface area contributed by atoms with Gasteiger partial charge in [0.25, 0.3) is 0 Å². The number of ether oxygens (including phenoxy) is 1. The molecule has 0 bridgehead atoms. The first-order chi connectivity index (χ1) is 9.92. The number of ketones is 1. The smallest absolute Gasteiger partial charge is 0.168 e. The van der Waals surface area contributed by atoms with E-state index in [2.05, 4.69) is 9.97 Å². The Hall–Kier alpha value is -2.23. The third-order valence-electron chi connectivity index (χ3n) is 3.48. The number of Topliss-reactive ketones (excluding diaryl/α,β-unsaturated/α-hetero) is 1. The molecule has 2 aromatic rings. The first kappa shape index (κ1) is 15.2. The third-order valence-corrected chi connectivity index (χ3v) is 3.48. The number of aromatic nitrogens is 2. The summed E-state index contributed by atoms with van der Waals surface area (Å²) in [4.78, 5) is 21.1. The molecule has 2 heterocycles. The third kappa shape index (κ3) is 3.27. The molecule has 0 amide bonds. The van der Waals surface area contributed by atoms with E-state index in [1.54, 1.807) is 13.3 Å². The molecule has 0 radical (unpaired) electrons. The molecule has 21 heavy (non-hydrogen) atoms. The molecular weight excluding hydrogens is 264 g/mol. The molecule has 0 N–H and O–H groups in total. The van der Waals surface area contributed by atoms with Crippen LogP contribution in [0.4, 0.5) is 0 Å². The van der Waals surface area contributed by atoms with Crippen LogP contribution in [0.1, 0.15) is 38.6 Å². The molecule has 0 aliphatic carbocycles. The van der Waals surface area contributed by atoms with Gasteiger partial charge >= 0.3 is 0 Å². The zero-order chi connectivity index (χ0) is 15.6. The van der Waals surface area contributed by atoms with Crippen LogP contribution in [0.5, 0.6) is 5.75 Å². The lowest BCUT2D eigenvalue weighted by Crippen LogP contribution is -2.09. The van der Waals surface area contributed by atoms with Crippen molar-refractivity contribution in [3.05, 3.63) is 52.1 Å². The molecule has 2 aromatic heterocycles. The minimum Gasteiger partial charge on any atom is -0.496 e. The molecule has 0 saturated carbocycles. The van der Waals surface area contributed by atoms with Crippen molar-refractivity contribution in [1.29, 1.82) is 0 Å². The number of nitrogens with zero attached hydrogens (tertiary/aromatic N) is 2. The van der Waals surface area contributed by atoms with Gasteiger partial charge in [0, 0.05) is 34.3 Å². The normalized spacial score (nSPS) is 10.5. The summed E-state index contributed by atoms with van der Waals surface area (Å²) in [5.41, 5.74) is 5.04. The molecular formula is C17H20N2O2. The fraction of sp³-hybridized carbons (Fsp3) is 0.353. The van der Waals surface area contributed by atoms with Gasteiger partial charge in [-0.2, -0.15) is 0 Å². The molecule has 0 aliphatic heterocycles. The summed E-state index contributed by atoms with van der Waals surface area (Å²) in [5.74, 6) is 0.847. The Morgan fingerprint density at radius 1 is 1.14 bits per heavy atom. The second kappa shape index (κ2) is 6.04. The predicted octanol–water partition coefficient (Wildman–Crippen LogP) is 3.14. The van der Waals surface area contributed by atoms with Gasteiger partial charge in [-0.25, -0.2) is 0 Å². The first-order valence-corrected chi connectivity index (χ1v) is 6.90. The highest BCUT2D eigenvalue weighted by molar-refractivity contribution is 5.97. The molecule has 0 aromatic carbocycles. The van der Waals surface area contributed by atoms with Crippen LogP contribution in [0.15, 0.2) is 18.3 Å². The van der Waals surface area contributed by atoms with E-state index in [4.69, 9.17) is 4.74 Å². The van der Waals surface area contributed by atoms with E-state index >= 15 is 0 Å². The minimum absolute atomic E-state index is 0.0464. The molecule has 0 spiro atoms. The lowest BCUT2D eigenvalue weighted by molar-refractivity contribution is 0.0991. The molecule has 2 rings (SSSR count). The van der Waals surface area contributed by atoms with Gasteiger partial charge in [-0.3, -0.25) is 14.8 Å². The molecule has 0 aliphatic rings. The number of pyridine rings is 2. The van der Waals surface area contributed by atoms with Crippen LogP contribution in [-0.2, 0) is 6.42 Å². The van der Waals surface area contributed by atoms with E-state index < -0.39 is 0 Å². The summed E-state index contributed by atoms with van der Waals surface area (Å²) >= 11 is 0. The van der Waals surface area contributed by atoms with Gasteiger partial charge in [-0.15, -0.1) is 0 Å². The highest BCUT2D eigenvalue weighted by Gasteiger charge is 2.15. The molecule has 0 saturated heterocycles. The van der Waals surface area contributed by atoms with Crippen molar-refractivity contribution >= 4 is 5.78 Å². The van der Waals surface area contributed by atoms with Crippen LogP contribution in [0.2, 0.25) is 0 Å². The van der Waals surface area contributed by atoms with E-state index in [1.807, 2.05) is 39.8 Å². The van der Waals surface area contributed by atoms with Crippen molar-refractivity contribution < 1.29 is 9.53 Å². The Bertz CT molecular complexity index is 673. The number of aryl methyl sites for hydroxylation is 3. The molecule has 0 fully saturated rings. The summed E-state index contributed by atoms with van der Waals surface area (Å²) in [5, 5.41) is 0. The van der Waals surface area contributed by atoms with Crippen LogP contribution in [0.25, 0.3) is 0 Å². The maximum atomic E-state index is 12.4. The standard InChI is InChI=1S/C17H20N2O2/c1-10-9-18-15(13(4)17(10)21-5)8-16(20)14-6-11(2)19-12(3)7-14/h6-7,9H,8H2,1-5H3. The Labute approximate surface area is 125 Å². The lowest BCUT2D eigenvalue weighted by Gasteiger charge is -2.12. The van der Waals surface area contributed by atoms with Crippen LogP contribution < -0.4 is 4.74 Å². The van der Waals surface area contributed by atoms with Gasteiger partial charge in [-0.05, 0) is 39.8 Å². The molecule has 0 unspecified atom stereocenters. The van der Waals surface area contributed by atoms with E-state index in [0.29, 0.717) is 5.56 Å². The van der Waals surface area contributed by atoms with Gasteiger partial charge in [0.05, 0.1) is 19.2 Å². The van der Waals surface area contributed by atoms with Crippen molar-refractivity contribution in [1.82, 2.24) is 9.97 Å². The van der Waals surface area contributed by atoms with Crippen LogP contribution >= 0.6 is 0 Å². The number of carbonyl (C=O) groups is 1. The number of rotatable bonds is 4. The number of carbonyl (C=O) groups excluding carboxylic acids is 1. The van der Waals surface area contributed by atoms with Crippen molar-refractivity contribution in [3.63, 3.8) is 0 Å². The van der Waals surface area contributed by atoms with Gasteiger partial charge in [0.15, 0.2) is 5.78 Å². The van der Waals surface area contributed by atoms with E-state index in [0.717, 1.165) is 34.0 Å². The van der Waals surface area contributed by atoms with E-state index in [-0.39, 0.29) is 12.2 Å². The maximum absolute atomic E-state index is 12.4. The summed E-state index contributed by atoms with van der Waals surface area (Å²) in [6.45, 7) is 7.66. The Balaban J connectivity index is 2.32. The highest BCUT2D eigenvalue weighted by atomic mass is 16.5. The number of hydrogen-bond donors (Lipinski definition) is 0. The Morgan fingerprint density at radius 3 is 2.33 bits per heavy atom. The van der Waals surface area contributed by atoms with Gasteiger partial charge in [-0.1, -0.05) is 0 Å². The van der Waals surface area contributed by atoms with E-state index in [1.165, 1.54) is 0 Å². The Kier molecular flexibility index (Phi) is 4.36. The summed E-state index contributed by atoms with van der Waals surface area (Å²) in [7, 11) is 1.64. The fourth-order valence-corrected chi connectivity index (χ4v) is 2.50. The lowest BCUT2D eigenvalue weighted by atomic mass is 10.0. The second-order valence-electron chi connectivity index (χ2n) is 5.28. The van der Waals surface area contributed by atoms with Gasteiger partial charge in [0.2, 0.25) is 0 Å². The van der Waals surface area contributed by atoms with Crippen LogP contribution in [-0.4, -0.2) is 22.9 Å². The van der Waals surface area contributed by atoms with Crippen molar-refractivity contribution in [2.45, 2.75) is 34.1 Å². The van der Waals surface area contributed by atoms with E-state index in [9.17, 15) is 4.79 Å². The first-order valence-electron chi connectivity index (χ1n) is 6.90. The molecule has 110 valence electrons. The zero-order valence-electron chi connectivity index (χ0n) is 13.2. The predicted molar refractivity (Wildman–Crippen MR) is 82.0 cm³/mol. The van der Waals surface area contributed by atoms with Gasteiger partial charge < -0.3 is 4.74 Å². The minimum atomic E-state index is 0.0464. The summed E-state index contributed by atoms with van der Waals surface area (Å²) < 4.78 is 5.38. The average molecular weight is 284 g/mol. The van der Waals surface area contributed by atoms with Crippen LogP contribution in [0, 0.1) is 27.7 Å². The summed E-state index contributed by atoms with van der Waals surface area (Å²) in [6.07, 6.45) is 2.02. The largest absolute Gasteiger partial charge is 0.496 e. The molecule has 0 atom stereocenters. The number of methoxy groups -OCH3 is 1. The summed E-state index contributed by atoms with van der Waals surface area (Å²) in [6, 6.07) is 3.63. The topological polar surface area (TPSA) is 52.1 Å². The van der Waals surface area contributed by atoms with Crippen molar-refractivity contribution in [3.8, 4) is 5.75 Å². The van der Waals surface area contributed by atoms with Crippen molar-refractivity contribution in [2.75, 3.05) is 7.11 Å². The average Bonchev–Trinajstić information content (AvgIpc) is 2.41.